The van der Waals surface area contributed by atoms with Gasteiger partial charge in [0.2, 0.25) is 0 Å². The third kappa shape index (κ3) is 4.28. The number of carboxylic acids is 1. The lowest BCUT2D eigenvalue weighted by Crippen LogP contribution is -2.45. The molecule has 0 unspecified atom stereocenters. The van der Waals surface area contributed by atoms with Gasteiger partial charge in [0.25, 0.3) is 0 Å². The lowest BCUT2D eigenvalue weighted by Gasteiger charge is -2.23. The number of hydrogen-bond acceptors (Lipinski definition) is 3. The summed E-state index contributed by atoms with van der Waals surface area (Å²) in [6.45, 7) is 0.141. The van der Waals surface area contributed by atoms with E-state index in [1.807, 2.05) is 6.26 Å². The predicted octanol–water partition coefficient (Wildman–Crippen LogP) is 2.84. The molecule has 7 heteroatoms. The summed E-state index contributed by atoms with van der Waals surface area (Å²) in [4.78, 5) is 24.4. The van der Waals surface area contributed by atoms with E-state index < -0.39 is 18.5 Å². The number of urea groups is 1. The molecule has 0 atom stereocenters. The Morgan fingerprint density at radius 1 is 1.48 bits per heavy atom. The van der Waals surface area contributed by atoms with Gasteiger partial charge in [0.15, 0.2) is 0 Å². The van der Waals surface area contributed by atoms with Crippen LogP contribution in [0.5, 0.6) is 0 Å². The van der Waals surface area contributed by atoms with Crippen LogP contribution in [0.25, 0.3) is 0 Å². The van der Waals surface area contributed by atoms with Gasteiger partial charge in [0.1, 0.15) is 6.54 Å². The maximum absolute atomic E-state index is 12.3. The van der Waals surface area contributed by atoms with E-state index in [1.165, 1.54) is 4.90 Å². The average molecular weight is 329 g/mol. The van der Waals surface area contributed by atoms with E-state index in [1.54, 1.807) is 36.0 Å². The highest BCUT2D eigenvalue weighted by Crippen LogP contribution is 2.46. The van der Waals surface area contributed by atoms with Gasteiger partial charge in [-0.15, -0.1) is 0 Å². The van der Waals surface area contributed by atoms with E-state index in [2.05, 4.69) is 5.32 Å². The molecule has 2 N–H and O–H groups in total. The van der Waals surface area contributed by atoms with E-state index in [-0.39, 0.29) is 4.75 Å². The minimum absolute atomic E-state index is 0.124. The number of anilines is 1. The number of aliphatic carboxylic acids is 1. The summed E-state index contributed by atoms with van der Waals surface area (Å²) < 4.78 is 0.124. The fraction of sp³-hybridized carbons (Fsp3) is 0.429. The van der Waals surface area contributed by atoms with Gasteiger partial charge in [-0.1, -0.05) is 17.7 Å². The van der Waals surface area contributed by atoms with Crippen LogP contribution in [-0.4, -0.2) is 41.2 Å². The quantitative estimate of drug-likeness (QED) is 0.842. The number of rotatable bonds is 6. The molecule has 0 aliphatic heterocycles. The Kier molecular flexibility index (Phi) is 5.00. The Bertz CT molecular complexity index is 549. The zero-order valence-electron chi connectivity index (χ0n) is 11.6. The molecule has 21 heavy (non-hydrogen) atoms. The van der Waals surface area contributed by atoms with Crippen LogP contribution in [0, 0.1) is 0 Å². The standard InChI is InChI=1S/C14H17ClN2O3S/c1-21-14(5-6-14)9-16-13(20)17(8-12(18)19)11-4-2-3-10(15)7-11/h2-4,7H,5-6,8-9H2,1H3,(H,16,20)(H,18,19). The average Bonchev–Trinajstić information content (AvgIpc) is 3.23. The highest BCUT2D eigenvalue weighted by atomic mass is 35.5. The van der Waals surface area contributed by atoms with Crippen molar-refractivity contribution in [2.45, 2.75) is 17.6 Å². The highest BCUT2D eigenvalue weighted by Gasteiger charge is 2.42. The number of nitrogens with zero attached hydrogens (tertiary/aromatic N) is 1. The second kappa shape index (κ2) is 6.58. The number of amides is 2. The number of carbonyl (C=O) groups is 2. The molecule has 0 bridgehead atoms. The maximum atomic E-state index is 12.3. The van der Waals surface area contributed by atoms with Crippen molar-refractivity contribution >= 4 is 41.1 Å². The summed E-state index contributed by atoms with van der Waals surface area (Å²) in [5, 5.41) is 12.3. The monoisotopic (exact) mass is 328 g/mol. The molecule has 1 fully saturated rings. The van der Waals surface area contributed by atoms with E-state index in [0.29, 0.717) is 17.3 Å². The van der Waals surface area contributed by atoms with Crippen molar-refractivity contribution in [2.75, 3.05) is 24.2 Å². The fourth-order valence-electron chi connectivity index (χ4n) is 1.98. The number of benzene rings is 1. The molecule has 114 valence electrons. The lowest BCUT2D eigenvalue weighted by molar-refractivity contribution is -0.135. The second-order valence-electron chi connectivity index (χ2n) is 5.01. The Morgan fingerprint density at radius 3 is 2.71 bits per heavy atom. The fourth-order valence-corrected chi connectivity index (χ4v) is 2.90. The van der Waals surface area contributed by atoms with Crippen molar-refractivity contribution in [1.29, 1.82) is 0 Å². The smallest absolute Gasteiger partial charge is 0.323 e. The van der Waals surface area contributed by atoms with Gasteiger partial charge >= 0.3 is 12.0 Å². The van der Waals surface area contributed by atoms with Gasteiger partial charge in [-0.05, 0) is 37.3 Å². The van der Waals surface area contributed by atoms with E-state index in [4.69, 9.17) is 16.7 Å². The van der Waals surface area contributed by atoms with Crippen LogP contribution in [0.15, 0.2) is 24.3 Å². The molecule has 0 saturated heterocycles. The van der Waals surface area contributed by atoms with Crippen LogP contribution in [0.3, 0.4) is 0 Å². The van der Waals surface area contributed by atoms with Gasteiger partial charge in [0.05, 0.1) is 0 Å². The Morgan fingerprint density at radius 2 is 2.19 bits per heavy atom. The minimum atomic E-state index is -1.07. The summed E-state index contributed by atoms with van der Waals surface area (Å²) in [7, 11) is 0. The molecular weight excluding hydrogens is 312 g/mol. The normalized spacial score (nSPS) is 15.3. The molecule has 1 aromatic carbocycles. The van der Waals surface area contributed by atoms with Crippen LogP contribution in [0.4, 0.5) is 10.5 Å². The first-order valence-electron chi connectivity index (χ1n) is 6.54. The molecule has 2 rings (SSSR count). The zero-order chi connectivity index (χ0) is 15.5. The van der Waals surface area contributed by atoms with Gasteiger partial charge in [-0.25, -0.2) is 4.79 Å². The van der Waals surface area contributed by atoms with Crippen molar-refractivity contribution in [3.63, 3.8) is 0 Å². The summed E-state index contributed by atoms with van der Waals surface area (Å²) in [5.41, 5.74) is 0.469. The first kappa shape index (κ1) is 16.0. The molecule has 2 amide bonds. The van der Waals surface area contributed by atoms with Gasteiger partial charge < -0.3 is 10.4 Å². The third-order valence-electron chi connectivity index (χ3n) is 3.46. The number of thioether (sulfide) groups is 1. The third-order valence-corrected chi connectivity index (χ3v) is 5.11. The van der Waals surface area contributed by atoms with Gasteiger partial charge in [-0.2, -0.15) is 11.8 Å². The minimum Gasteiger partial charge on any atom is -0.480 e. The largest absolute Gasteiger partial charge is 0.480 e. The van der Waals surface area contributed by atoms with Crippen molar-refractivity contribution in [3.8, 4) is 0 Å². The van der Waals surface area contributed by atoms with Gasteiger partial charge in [0, 0.05) is 22.0 Å². The molecular formula is C14H17ClN2O3S. The van der Waals surface area contributed by atoms with Crippen molar-refractivity contribution in [1.82, 2.24) is 5.32 Å². The summed E-state index contributed by atoms with van der Waals surface area (Å²) in [5.74, 6) is -1.07. The topological polar surface area (TPSA) is 69.6 Å². The molecule has 1 aliphatic carbocycles. The van der Waals surface area contributed by atoms with Crippen LogP contribution >= 0.6 is 23.4 Å². The number of nitrogens with one attached hydrogen (secondary N) is 1. The van der Waals surface area contributed by atoms with Crippen molar-refractivity contribution in [3.05, 3.63) is 29.3 Å². The predicted molar refractivity (Wildman–Crippen MR) is 85.3 cm³/mol. The number of carbonyl (C=O) groups excluding carboxylic acids is 1. The Labute approximate surface area is 132 Å². The molecule has 1 aliphatic rings. The number of carboxylic acid groups (broad SMARTS) is 1. The Balaban J connectivity index is 2.08. The highest BCUT2D eigenvalue weighted by molar-refractivity contribution is 8.00. The SMILES string of the molecule is CSC1(CNC(=O)N(CC(=O)O)c2cccc(Cl)c2)CC1. The number of halogens is 1. The molecule has 0 radical (unpaired) electrons. The maximum Gasteiger partial charge on any atom is 0.323 e. The molecule has 0 heterocycles. The van der Waals surface area contributed by atoms with Crippen molar-refractivity contribution < 1.29 is 14.7 Å². The van der Waals surface area contributed by atoms with Crippen LogP contribution in [0.2, 0.25) is 5.02 Å². The first-order chi connectivity index (χ1) is 9.96. The van der Waals surface area contributed by atoms with E-state index in [0.717, 1.165) is 12.8 Å². The molecule has 0 spiro atoms. The Hall–Kier alpha value is -1.40. The van der Waals surface area contributed by atoms with E-state index >= 15 is 0 Å². The summed E-state index contributed by atoms with van der Waals surface area (Å²) in [6, 6.07) is 6.18. The lowest BCUT2D eigenvalue weighted by atomic mass is 10.3. The van der Waals surface area contributed by atoms with Crippen molar-refractivity contribution in [2.24, 2.45) is 0 Å². The van der Waals surface area contributed by atoms with E-state index in [9.17, 15) is 9.59 Å². The molecule has 1 aromatic rings. The molecule has 0 aromatic heterocycles. The summed E-state index contributed by atoms with van der Waals surface area (Å²) >= 11 is 7.64. The van der Waals surface area contributed by atoms with Crippen LogP contribution in [0.1, 0.15) is 12.8 Å². The molecule has 5 nitrogen and oxygen atoms in total. The van der Waals surface area contributed by atoms with Gasteiger partial charge in [-0.3, -0.25) is 9.69 Å². The second-order valence-corrected chi connectivity index (χ2v) is 6.72. The summed E-state index contributed by atoms with van der Waals surface area (Å²) in [6.07, 6.45) is 4.17. The first-order valence-corrected chi connectivity index (χ1v) is 8.14. The number of hydrogen-bond donors (Lipinski definition) is 2. The zero-order valence-corrected chi connectivity index (χ0v) is 13.2. The van der Waals surface area contributed by atoms with Crippen LogP contribution in [-0.2, 0) is 4.79 Å². The van der Waals surface area contributed by atoms with Crippen LogP contribution < -0.4 is 10.2 Å². The molecule has 1 saturated carbocycles.